The van der Waals surface area contributed by atoms with Gasteiger partial charge in [0.1, 0.15) is 0 Å². The van der Waals surface area contributed by atoms with E-state index in [2.05, 4.69) is 43.2 Å². The Morgan fingerprint density at radius 3 is 2.50 bits per heavy atom. The summed E-state index contributed by atoms with van der Waals surface area (Å²) in [6.45, 7) is 0. The highest BCUT2D eigenvalue weighted by atomic mass is 79.9. The molecule has 90 valence electrons. The minimum atomic E-state index is 0.593. The van der Waals surface area contributed by atoms with Crippen LogP contribution in [0.15, 0.2) is 45.3 Å². The molecular weight excluding hydrogens is 379 g/mol. The van der Waals surface area contributed by atoms with E-state index in [1.165, 1.54) is 0 Å². The van der Waals surface area contributed by atoms with Crippen LogP contribution in [0.4, 0.5) is 11.4 Å². The Kier molecular flexibility index (Phi) is 4.28. The van der Waals surface area contributed by atoms with Crippen LogP contribution < -0.4 is 5.32 Å². The van der Waals surface area contributed by atoms with Gasteiger partial charge in [-0.2, -0.15) is 5.26 Å². The molecule has 2 aromatic rings. The van der Waals surface area contributed by atoms with Gasteiger partial charge in [0.15, 0.2) is 0 Å². The van der Waals surface area contributed by atoms with Crippen LogP contribution >= 0.6 is 43.5 Å². The average Bonchev–Trinajstić information content (AvgIpc) is 2.33. The fourth-order valence-corrected chi connectivity index (χ4v) is 2.39. The van der Waals surface area contributed by atoms with Gasteiger partial charge in [-0.05, 0) is 52.3 Å². The maximum Gasteiger partial charge on any atom is 0.0992 e. The second-order valence-electron chi connectivity index (χ2n) is 3.59. The lowest BCUT2D eigenvalue weighted by molar-refractivity contribution is 1.46. The number of hydrogen-bond acceptors (Lipinski definition) is 2. The number of anilines is 2. The van der Waals surface area contributed by atoms with E-state index in [0.717, 1.165) is 20.3 Å². The third-order valence-corrected chi connectivity index (χ3v) is 3.93. The lowest BCUT2D eigenvalue weighted by Crippen LogP contribution is -1.91. The number of nitrogens with zero attached hydrogens (tertiary/aromatic N) is 1. The number of nitriles is 1. The maximum absolute atomic E-state index is 8.91. The smallest absolute Gasteiger partial charge is 0.0992 e. The monoisotopic (exact) mass is 384 g/mol. The average molecular weight is 386 g/mol. The molecule has 5 heteroatoms. The minimum Gasteiger partial charge on any atom is -0.355 e. The van der Waals surface area contributed by atoms with Crippen molar-refractivity contribution < 1.29 is 0 Å². The zero-order valence-corrected chi connectivity index (χ0v) is 13.0. The Hall–Kier alpha value is -1.02. The van der Waals surface area contributed by atoms with Crippen LogP contribution in [0.5, 0.6) is 0 Å². The van der Waals surface area contributed by atoms with Crippen molar-refractivity contribution >= 4 is 54.8 Å². The first-order chi connectivity index (χ1) is 8.58. The standard InChI is InChI=1S/C13H7Br2ClN2/c14-9-3-8(7-17)4-11(5-9)18-10-1-2-12(15)13(16)6-10/h1-6,18H. The lowest BCUT2D eigenvalue weighted by Gasteiger charge is -2.08. The molecule has 0 unspecified atom stereocenters. The van der Waals surface area contributed by atoms with Crippen LogP contribution in [-0.4, -0.2) is 0 Å². The zero-order chi connectivity index (χ0) is 13.1. The van der Waals surface area contributed by atoms with E-state index in [-0.39, 0.29) is 0 Å². The van der Waals surface area contributed by atoms with Gasteiger partial charge in [0.05, 0.1) is 16.7 Å². The Morgan fingerprint density at radius 2 is 1.83 bits per heavy atom. The normalized spacial score (nSPS) is 9.89. The van der Waals surface area contributed by atoms with E-state index in [9.17, 15) is 0 Å². The summed E-state index contributed by atoms with van der Waals surface area (Å²) >= 11 is 12.7. The molecule has 0 spiro atoms. The van der Waals surface area contributed by atoms with E-state index in [1.807, 2.05) is 24.3 Å². The van der Waals surface area contributed by atoms with Gasteiger partial charge >= 0.3 is 0 Å². The van der Waals surface area contributed by atoms with Gasteiger partial charge in [-0.1, -0.05) is 27.5 Å². The molecule has 0 aliphatic rings. The molecule has 0 amide bonds. The van der Waals surface area contributed by atoms with Crippen molar-refractivity contribution in [3.05, 3.63) is 55.9 Å². The van der Waals surface area contributed by atoms with Crippen LogP contribution in [0.1, 0.15) is 5.56 Å². The molecule has 0 saturated heterocycles. The molecule has 0 aliphatic carbocycles. The molecule has 2 nitrogen and oxygen atoms in total. The van der Waals surface area contributed by atoms with Crippen molar-refractivity contribution in [2.24, 2.45) is 0 Å². The van der Waals surface area contributed by atoms with E-state index in [0.29, 0.717) is 10.6 Å². The maximum atomic E-state index is 8.91. The van der Waals surface area contributed by atoms with Crippen LogP contribution in [0.25, 0.3) is 0 Å². The fraction of sp³-hybridized carbons (Fsp3) is 0. The molecule has 0 aliphatic heterocycles. The highest BCUT2D eigenvalue weighted by molar-refractivity contribution is 9.10. The van der Waals surface area contributed by atoms with Gasteiger partial charge in [-0.3, -0.25) is 0 Å². The Labute approximate surface area is 127 Å². The summed E-state index contributed by atoms with van der Waals surface area (Å²) in [6.07, 6.45) is 0. The van der Waals surface area contributed by atoms with Crippen LogP contribution in [0.3, 0.4) is 0 Å². The van der Waals surface area contributed by atoms with Crippen LogP contribution in [0, 0.1) is 11.3 Å². The van der Waals surface area contributed by atoms with Gasteiger partial charge in [0, 0.05) is 20.3 Å². The van der Waals surface area contributed by atoms with Crippen LogP contribution in [0.2, 0.25) is 5.02 Å². The lowest BCUT2D eigenvalue weighted by atomic mass is 10.2. The van der Waals surface area contributed by atoms with Crippen LogP contribution in [-0.2, 0) is 0 Å². The molecule has 0 fully saturated rings. The van der Waals surface area contributed by atoms with Gasteiger partial charge in [-0.25, -0.2) is 0 Å². The largest absolute Gasteiger partial charge is 0.355 e. The molecule has 0 heterocycles. The molecule has 0 aromatic heterocycles. The van der Waals surface area contributed by atoms with Gasteiger partial charge in [0.2, 0.25) is 0 Å². The summed E-state index contributed by atoms with van der Waals surface area (Å²) in [5.41, 5.74) is 2.29. The summed E-state index contributed by atoms with van der Waals surface area (Å²) in [5.74, 6) is 0. The first-order valence-electron chi connectivity index (χ1n) is 5.01. The number of hydrogen-bond donors (Lipinski definition) is 1. The number of benzene rings is 2. The molecule has 2 rings (SSSR count). The molecule has 0 bridgehead atoms. The number of nitrogens with one attached hydrogen (secondary N) is 1. The second kappa shape index (κ2) is 5.75. The van der Waals surface area contributed by atoms with Crippen molar-refractivity contribution in [1.82, 2.24) is 0 Å². The topological polar surface area (TPSA) is 35.8 Å². The molecule has 0 radical (unpaired) electrons. The van der Waals surface area contributed by atoms with Crippen molar-refractivity contribution in [1.29, 1.82) is 5.26 Å². The minimum absolute atomic E-state index is 0.593. The summed E-state index contributed by atoms with van der Waals surface area (Å²) in [5, 5.41) is 12.7. The third kappa shape index (κ3) is 3.26. The van der Waals surface area contributed by atoms with Gasteiger partial charge < -0.3 is 5.32 Å². The van der Waals surface area contributed by atoms with Gasteiger partial charge in [0.25, 0.3) is 0 Å². The zero-order valence-electron chi connectivity index (χ0n) is 9.05. The first kappa shape index (κ1) is 13.4. The quantitative estimate of drug-likeness (QED) is 0.742. The molecule has 1 N–H and O–H groups in total. The predicted molar refractivity (Wildman–Crippen MR) is 81.3 cm³/mol. The molecule has 2 aromatic carbocycles. The SMILES string of the molecule is N#Cc1cc(Br)cc(Nc2ccc(Br)c(Cl)c2)c1. The summed E-state index contributed by atoms with van der Waals surface area (Å²) in [4.78, 5) is 0. The van der Waals surface area contributed by atoms with Crippen molar-refractivity contribution in [3.63, 3.8) is 0 Å². The van der Waals surface area contributed by atoms with E-state index >= 15 is 0 Å². The number of halogens is 3. The summed E-state index contributed by atoms with van der Waals surface area (Å²) < 4.78 is 1.70. The highest BCUT2D eigenvalue weighted by Gasteiger charge is 2.02. The Morgan fingerprint density at radius 1 is 1.06 bits per heavy atom. The highest BCUT2D eigenvalue weighted by Crippen LogP contribution is 2.28. The van der Waals surface area contributed by atoms with Crippen molar-refractivity contribution in [2.75, 3.05) is 5.32 Å². The van der Waals surface area contributed by atoms with E-state index in [4.69, 9.17) is 16.9 Å². The summed E-state index contributed by atoms with van der Waals surface area (Å²) in [7, 11) is 0. The van der Waals surface area contributed by atoms with E-state index in [1.54, 1.807) is 12.1 Å². The molecular formula is C13H7Br2ClN2. The third-order valence-electron chi connectivity index (χ3n) is 2.24. The van der Waals surface area contributed by atoms with Gasteiger partial charge in [-0.15, -0.1) is 0 Å². The molecule has 0 saturated carbocycles. The van der Waals surface area contributed by atoms with Crippen molar-refractivity contribution in [2.45, 2.75) is 0 Å². The molecule has 0 atom stereocenters. The Bertz CT molecular complexity index is 635. The second-order valence-corrected chi connectivity index (χ2v) is 5.77. The Balaban J connectivity index is 2.31. The van der Waals surface area contributed by atoms with Crippen molar-refractivity contribution in [3.8, 4) is 6.07 Å². The van der Waals surface area contributed by atoms with E-state index < -0.39 is 0 Å². The first-order valence-corrected chi connectivity index (χ1v) is 6.97. The summed E-state index contributed by atoms with van der Waals surface area (Å²) in [6, 6.07) is 13.1. The number of rotatable bonds is 2. The predicted octanol–water partition coefficient (Wildman–Crippen LogP) is 5.48. The molecule has 18 heavy (non-hydrogen) atoms. The fourth-order valence-electron chi connectivity index (χ4n) is 1.47.